The van der Waals surface area contributed by atoms with Crippen molar-refractivity contribution < 1.29 is 24.3 Å². The minimum absolute atomic E-state index is 0.273. The van der Waals surface area contributed by atoms with Gasteiger partial charge in [0.2, 0.25) is 5.91 Å². The number of rotatable bonds is 3. The molecule has 0 unspecified atom stereocenters. The van der Waals surface area contributed by atoms with Crippen LogP contribution in [0.4, 0.5) is 10.5 Å². The molecule has 4 amide bonds. The summed E-state index contributed by atoms with van der Waals surface area (Å²) in [6, 6.07) is 10.3. The first-order chi connectivity index (χ1) is 14.8. The number of carbonyl (C=O) groups excluding carboxylic acids is 3. The van der Waals surface area contributed by atoms with Gasteiger partial charge in [-0.1, -0.05) is 34.1 Å². The first-order valence-electron chi connectivity index (χ1n) is 9.64. The van der Waals surface area contributed by atoms with Crippen LogP contribution in [0.25, 0.3) is 0 Å². The number of amides is 4. The smallest absolute Gasteiger partial charge is 0.405 e. The van der Waals surface area contributed by atoms with E-state index in [1.165, 1.54) is 4.90 Å². The third-order valence-corrected chi connectivity index (χ3v) is 5.94. The summed E-state index contributed by atoms with van der Waals surface area (Å²) in [6.07, 6.45) is -0.224. The highest BCUT2D eigenvalue weighted by molar-refractivity contribution is 9.10. The van der Waals surface area contributed by atoms with Gasteiger partial charge < -0.3 is 10.4 Å². The van der Waals surface area contributed by atoms with Crippen molar-refractivity contribution in [1.29, 1.82) is 0 Å². The van der Waals surface area contributed by atoms with E-state index in [1.54, 1.807) is 24.3 Å². The number of hydrogen-bond acceptors (Lipinski definition) is 4. The number of benzene rings is 2. The average Bonchev–Trinajstić information content (AvgIpc) is 3.08. The van der Waals surface area contributed by atoms with Gasteiger partial charge in [-0.25, -0.2) is 4.79 Å². The monoisotopic (exact) mass is 486 g/mol. The number of aryl methyl sites for hydroxylation is 1. The molecule has 0 bridgehead atoms. The predicted octanol–water partition coefficient (Wildman–Crippen LogP) is 1.75. The standard InChI is InChI=1S/C21H19BrN4O5/c22-14-7-4-12(5-8-14)18(27)24-25-19(28)16-10-13-3-1-2-11-6-9-15(23-21(30)31)20(29)26(16)17(11)13/h1-5,7-8,15-16,23H,6,9-10H2,(H,24,27)(H,25,28)(H,30,31)/t15-,16-/m0/s1. The van der Waals surface area contributed by atoms with E-state index in [0.29, 0.717) is 24.1 Å². The molecule has 31 heavy (non-hydrogen) atoms. The highest BCUT2D eigenvalue weighted by atomic mass is 79.9. The van der Waals surface area contributed by atoms with Gasteiger partial charge in [-0.3, -0.25) is 30.1 Å². The third-order valence-electron chi connectivity index (χ3n) is 5.41. The van der Waals surface area contributed by atoms with Crippen molar-refractivity contribution in [3.63, 3.8) is 0 Å². The van der Waals surface area contributed by atoms with E-state index in [4.69, 9.17) is 5.11 Å². The van der Waals surface area contributed by atoms with Crippen LogP contribution >= 0.6 is 15.9 Å². The van der Waals surface area contributed by atoms with Crippen LogP contribution in [0, 0.1) is 0 Å². The van der Waals surface area contributed by atoms with Crippen molar-refractivity contribution in [2.24, 2.45) is 0 Å². The molecule has 0 radical (unpaired) electrons. The Bertz CT molecular complexity index is 1070. The second-order valence-corrected chi connectivity index (χ2v) is 8.26. The zero-order valence-corrected chi connectivity index (χ0v) is 17.8. The maximum Gasteiger partial charge on any atom is 0.405 e. The molecular formula is C21H19BrN4O5. The number of anilines is 1. The molecule has 2 aromatic carbocycles. The lowest BCUT2D eigenvalue weighted by atomic mass is 10.0. The van der Waals surface area contributed by atoms with Crippen molar-refractivity contribution in [3.05, 3.63) is 63.6 Å². The molecule has 4 N–H and O–H groups in total. The highest BCUT2D eigenvalue weighted by Crippen LogP contribution is 2.38. The molecule has 2 aromatic rings. The summed E-state index contributed by atoms with van der Waals surface area (Å²) in [5.74, 6) is -1.54. The fraction of sp³-hybridized carbons (Fsp3) is 0.238. The van der Waals surface area contributed by atoms with Crippen molar-refractivity contribution in [1.82, 2.24) is 16.2 Å². The van der Waals surface area contributed by atoms with Crippen LogP contribution in [0.3, 0.4) is 0 Å². The Balaban J connectivity index is 1.54. The molecule has 0 saturated heterocycles. The largest absolute Gasteiger partial charge is 0.465 e. The molecule has 0 aromatic heterocycles. The Morgan fingerprint density at radius 3 is 2.45 bits per heavy atom. The molecule has 10 heteroatoms. The number of para-hydroxylation sites is 1. The van der Waals surface area contributed by atoms with Crippen molar-refractivity contribution in [2.75, 3.05) is 4.90 Å². The van der Waals surface area contributed by atoms with Gasteiger partial charge in [0, 0.05) is 16.5 Å². The number of carboxylic acid groups (broad SMARTS) is 1. The fourth-order valence-electron chi connectivity index (χ4n) is 4.00. The second-order valence-electron chi connectivity index (χ2n) is 7.34. The van der Waals surface area contributed by atoms with E-state index in [2.05, 4.69) is 32.1 Å². The van der Waals surface area contributed by atoms with Crippen molar-refractivity contribution >= 4 is 45.4 Å². The quantitative estimate of drug-likeness (QED) is 0.491. The average molecular weight is 487 g/mol. The van der Waals surface area contributed by atoms with Crippen LogP contribution in [0.15, 0.2) is 46.9 Å². The first kappa shape index (κ1) is 20.9. The Morgan fingerprint density at radius 1 is 1.03 bits per heavy atom. The third kappa shape index (κ3) is 4.11. The normalized spacial score (nSPS) is 19.3. The predicted molar refractivity (Wildman–Crippen MR) is 114 cm³/mol. The lowest BCUT2D eigenvalue weighted by Gasteiger charge is -2.27. The summed E-state index contributed by atoms with van der Waals surface area (Å²) < 4.78 is 0.816. The summed E-state index contributed by atoms with van der Waals surface area (Å²) in [4.78, 5) is 50.9. The van der Waals surface area contributed by atoms with Gasteiger partial charge in [-0.05, 0) is 48.2 Å². The molecule has 2 aliphatic heterocycles. The Morgan fingerprint density at radius 2 is 1.74 bits per heavy atom. The molecule has 2 heterocycles. The summed E-state index contributed by atoms with van der Waals surface area (Å²) in [7, 11) is 0. The molecule has 0 fully saturated rings. The zero-order valence-electron chi connectivity index (χ0n) is 16.2. The van der Waals surface area contributed by atoms with Gasteiger partial charge in [0.1, 0.15) is 12.1 Å². The van der Waals surface area contributed by atoms with Crippen LogP contribution in [0.5, 0.6) is 0 Å². The van der Waals surface area contributed by atoms with Gasteiger partial charge in [-0.15, -0.1) is 0 Å². The van der Waals surface area contributed by atoms with Crippen molar-refractivity contribution in [2.45, 2.75) is 31.3 Å². The Labute approximate surface area is 185 Å². The molecule has 0 spiro atoms. The van der Waals surface area contributed by atoms with E-state index in [9.17, 15) is 19.2 Å². The second kappa shape index (κ2) is 8.38. The number of nitrogens with zero attached hydrogens (tertiary/aromatic N) is 1. The highest BCUT2D eigenvalue weighted by Gasteiger charge is 2.44. The molecule has 9 nitrogen and oxygen atoms in total. The van der Waals surface area contributed by atoms with Crippen LogP contribution in [0.1, 0.15) is 27.9 Å². The fourth-order valence-corrected chi connectivity index (χ4v) is 4.26. The molecule has 160 valence electrons. The first-order valence-corrected chi connectivity index (χ1v) is 10.4. The SMILES string of the molecule is O=C(O)N[C@H]1CCc2cccc3c2N(C1=O)[C@H](C(=O)NNC(=O)c1ccc(Br)cc1)C3. The molecule has 2 aliphatic rings. The summed E-state index contributed by atoms with van der Waals surface area (Å²) in [5.41, 5.74) is 7.50. The van der Waals surface area contributed by atoms with Gasteiger partial charge >= 0.3 is 6.09 Å². The van der Waals surface area contributed by atoms with E-state index < -0.39 is 35.9 Å². The maximum atomic E-state index is 13.1. The minimum Gasteiger partial charge on any atom is -0.465 e. The van der Waals surface area contributed by atoms with E-state index >= 15 is 0 Å². The van der Waals surface area contributed by atoms with Gasteiger partial charge in [0.25, 0.3) is 11.8 Å². The lowest BCUT2D eigenvalue weighted by molar-refractivity contribution is -0.127. The maximum absolute atomic E-state index is 13.1. The molecule has 2 atom stereocenters. The van der Waals surface area contributed by atoms with E-state index in [1.807, 2.05) is 18.2 Å². The van der Waals surface area contributed by atoms with Gasteiger partial charge in [-0.2, -0.15) is 0 Å². The van der Waals surface area contributed by atoms with Gasteiger partial charge in [0.05, 0.1) is 5.69 Å². The van der Waals surface area contributed by atoms with E-state index in [0.717, 1.165) is 15.6 Å². The molecular weight excluding hydrogens is 468 g/mol. The van der Waals surface area contributed by atoms with Crippen LogP contribution in [-0.2, 0) is 22.4 Å². The summed E-state index contributed by atoms with van der Waals surface area (Å²) in [6.45, 7) is 0. The molecule has 0 aliphatic carbocycles. The zero-order chi connectivity index (χ0) is 22.1. The lowest BCUT2D eigenvalue weighted by Crippen LogP contribution is -2.56. The van der Waals surface area contributed by atoms with E-state index in [-0.39, 0.29) is 6.42 Å². The number of hydrogen-bond donors (Lipinski definition) is 4. The number of carbonyl (C=O) groups is 4. The van der Waals surface area contributed by atoms with Gasteiger partial charge in [0.15, 0.2) is 0 Å². The van der Waals surface area contributed by atoms with Crippen molar-refractivity contribution in [3.8, 4) is 0 Å². The minimum atomic E-state index is -1.30. The van der Waals surface area contributed by atoms with Crippen LogP contribution in [0.2, 0.25) is 0 Å². The topological polar surface area (TPSA) is 128 Å². The molecule has 0 saturated carbocycles. The number of halogens is 1. The Kier molecular flexibility index (Phi) is 5.64. The summed E-state index contributed by atoms with van der Waals surface area (Å²) >= 11 is 3.29. The molecule has 4 rings (SSSR count). The Hall–Kier alpha value is -3.40. The summed E-state index contributed by atoms with van der Waals surface area (Å²) in [5, 5.41) is 11.3. The number of hydrazine groups is 1. The van der Waals surface area contributed by atoms with Crippen LogP contribution < -0.4 is 21.1 Å². The van der Waals surface area contributed by atoms with Crippen LogP contribution in [-0.4, -0.2) is 41.0 Å². The number of nitrogens with one attached hydrogen (secondary N) is 3.